The number of anilines is 1. The van der Waals surface area contributed by atoms with Crippen molar-refractivity contribution in [1.29, 1.82) is 0 Å². The first-order valence-electron chi connectivity index (χ1n) is 9.82. The van der Waals surface area contributed by atoms with Crippen molar-refractivity contribution in [3.8, 4) is 0 Å². The molecule has 0 aliphatic heterocycles. The van der Waals surface area contributed by atoms with Crippen LogP contribution in [-0.2, 0) is 7.05 Å². The number of nitrogens with two attached hydrogens (primary N) is 1. The van der Waals surface area contributed by atoms with E-state index in [1.54, 1.807) is 11.6 Å². The number of fused-ring (bicyclic) bond motifs is 1. The Morgan fingerprint density at radius 1 is 1.07 bits per heavy atom. The van der Waals surface area contributed by atoms with Crippen LogP contribution >= 0.6 is 11.3 Å². The molecular formula is C24H23N3O2S. The molecule has 0 atom stereocenters. The summed E-state index contributed by atoms with van der Waals surface area (Å²) in [6, 6.07) is 20.3. The molecule has 0 aliphatic rings. The van der Waals surface area contributed by atoms with E-state index in [0.29, 0.717) is 16.8 Å². The first kappa shape index (κ1) is 19.9. The van der Waals surface area contributed by atoms with Crippen molar-refractivity contribution in [2.45, 2.75) is 12.8 Å². The third-order valence-electron chi connectivity index (χ3n) is 5.19. The fraction of sp³-hybridized carbons (Fsp3) is 0.167. The molecule has 6 heteroatoms. The zero-order valence-corrected chi connectivity index (χ0v) is 17.7. The molecule has 0 aliphatic carbocycles. The van der Waals surface area contributed by atoms with Gasteiger partial charge in [0, 0.05) is 30.4 Å². The molecule has 0 saturated heterocycles. The Morgan fingerprint density at radius 2 is 1.63 bits per heavy atom. The van der Waals surface area contributed by atoms with Crippen LogP contribution in [0.1, 0.15) is 39.2 Å². The normalized spacial score (nSPS) is 11.2. The van der Waals surface area contributed by atoms with Crippen molar-refractivity contribution in [1.82, 2.24) is 9.88 Å². The smallest absolute Gasteiger partial charge is 0.263 e. The lowest BCUT2D eigenvalue weighted by Gasteiger charge is -2.20. The number of thiophene rings is 1. The van der Waals surface area contributed by atoms with Gasteiger partial charge in [-0.2, -0.15) is 0 Å². The Hall–Kier alpha value is -3.38. The van der Waals surface area contributed by atoms with E-state index in [1.165, 1.54) is 11.3 Å². The third kappa shape index (κ3) is 3.39. The minimum Gasteiger partial charge on any atom is -0.397 e. The number of amides is 1. The topological polar surface area (TPSA) is 77.1 Å². The number of aryl methyl sites for hydroxylation is 1. The average Bonchev–Trinajstić information content (AvgIpc) is 3.11. The van der Waals surface area contributed by atoms with Crippen LogP contribution in [0.15, 0.2) is 71.7 Å². The van der Waals surface area contributed by atoms with Gasteiger partial charge in [-0.1, -0.05) is 60.7 Å². The molecule has 0 radical (unpaired) electrons. The van der Waals surface area contributed by atoms with Gasteiger partial charge in [0.2, 0.25) is 0 Å². The molecule has 152 valence electrons. The number of pyridine rings is 1. The molecule has 4 rings (SSSR count). The van der Waals surface area contributed by atoms with Crippen LogP contribution in [0.2, 0.25) is 0 Å². The van der Waals surface area contributed by atoms with Crippen molar-refractivity contribution in [2.24, 2.45) is 7.05 Å². The maximum Gasteiger partial charge on any atom is 0.263 e. The number of rotatable bonds is 5. The van der Waals surface area contributed by atoms with E-state index in [9.17, 15) is 9.59 Å². The molecule has 2 aromatic carbocycles. The number of hydrogen-bond donors (Lipinski definition) is 2. The molecule has 4 aromatic rings. The lowest BCUT2D eigenvalue weighted by atomic mass is 9.85. The fourth-order valence-corrected chi connectivity index (χ4v) is 4.99. The molecule has 0 unspecified atom stereocenters. The number of aromatic nitrogens is 1. The van der Waals surface area contributed by atoms with Gasteiger partial charge < -0.3 is 15.6 Å². The summed E-state index contributed by atoms with van der Waals surface area (Å²) in [7, 11) is 1.72. The van der Waals surface area contributed by atoms with Gasteiger partial charge >= 0.3 is 0 Å². The summed E-state index contributed by atoms with van der Waals surface area (Å²) in [5.74, 6) is -0.345. The molecule has 0 bridgehead atoms. The predicted octanol–water partition coefficient (Wildman–Crippen LogP) is 4.11. The summed E-state index contributed by atoms with van der Waals surface area (Å²) in [4.78, 5) is 25.9. The van der Waals surface area contributed by atoms with Gasteiger partial charge in [-0.3, -0.25) is 9.59 Å². The van der Waals surface area contributed by atoms with Crippen molar-refractivity contribution >= 4 is 33.0 Å². The van der Waals surface area contributed by atoms with Gasteiger partial charge in [-0.15, -0.1) is 11.3 Å². The van der Waals surface area contributed by atoms with Crippen molar-refractivity contribution < 1.29 is 4.79 Å². The summed E-state index contributed by atoms with van der Waals surface area (Å²) < 4.78 is 2.32. The Balaban J connectivity index is 2.05. The molecule has 5 nitrogen and oxygen atoms in total. The second-order valence-corrected chi connectivity index (χ2v) is 8.18. The molecule has 30 heavy (non-hydrogen) atoms. The molecule has 2 aromatic heterocycles. The van der Waals surface area contributed by atoms with Gasteiger partial charge in [-0.05, 0) is 23.6 Å². The summed E-state index contributed by atoms with van der Waals surface area (Å²) >= 11 is 1.29. The Bertz CT molecular complexity index is 1220. The number of carbonyl (C=O) groups is 1. The summed E-state index contributed by atoms with van der Waals surface area (Å²) in [5, 5.41) is 3.21. The average molecular weight is 418 g/mol. The molecule has 0 fully saturated rings. The number of benzene rings is 2. The highest BCUT2D eigenvalue weighted by Crippen LogP contribution is 2.41. The predicted molar refractivity (Wildman–Crippen MR) is 123 cm³/mol. The maximum atomic E-state index is 12.9. The molecule has 1 amide bonds. The second kappa shape index (κ2) is 8.16. The number of nitrogen functional groups attached to an aromatic ring is 1. The van der Waals surface area contributed by atoms with Gasteiger partial charge in [0.1, 0.15) is 4.88 Å². The fourth-order valence-electron chi connectivity index (χ4n) is 3.82. The molecule has 3 N–H and O–H groups in total. The minimum atomic E-state index is -0.250. The molecule has 0 saturated carbocycles. The van der Waals surface area contributed by atoms with Gasteiger partial charge in [0.25, 0.3) is 11.5 Å². The van der Waals surface area contributed by atoms with Crippen LogP contribution < -0.4 is 16.6 Å². The van der Waals surface area contributed by atoms with E-state index in [1.807, 2.05) is 49.5 Å². The van der Waals surface area contributed by atoms with Crippen LogP contribution in [0.25, 0.3) is 10.1 Å². The zero-order valence-electron chi connectivity index (χ0n) is 16.9. The third-order valence-corrected chi connectivity index (χ3v) is 6.45. The number of hydrogen-bond acceptors (Lipinski definition) is 4. The Morgan fingerprint density at radius 3 is 2.17 bits per heavy atom. The highest BCUT2D eigenvalue weighted by molar-refractivity contribution is 7.21. The lowest BCUT2D eigenvalue weighted by molar-refractivity contribution is 0.0960. The van der Waals surface area contributed by atoms with E-state index in [2.05, 4.69) is 29.6 Å². The zero-order chi connectivity index (χ0) is 21.3. The van der Waals surface area contributed by atoms with E-state index in [0.717, 1.165) is 21.4 Å². The van der Waals surface area contributed by atoms with Gasteiger partial charge in [0.15, 0.2) is 0 Å². The van der Waals surface area contributed by atoms with Crippen molar-refractivity contribution in [2.75, 3.05) is 12.3 Å². The molecular weight excluding hydrogens is 394 g/mol. The van der Waals surface area contributed by atoms with E-state index < -0.39 is 0 Å². The largest absolute Gasteiger partial charge is 0.397 e. The lowest BCUT2D eigenvalue weighted by Crippen LogP contribution is -2.23. The summed E-state index contributed by atoms with van der Waals surface area (Å²) in [6.45, 7) is 2.35. The van der Waals surface area contributed by atoms with Gasteiger partial charge in [-0.25, -0.2) is 0 Å². The standard InChI is InChI=1S/C24H23N3O2S/c1-3-26-23(28)22-20(25)19-21(30-22)17(14-27(2)24(19)29)18(15-10-6-4-7-11-15)16-12-8-5-9-13-16/h4-14,18H,3,25H2,1-2H3,(H,26,28). The van der Waals surface area contributed by atoms with Crippen LogP contribution in [0, 0.1) is 0 Å². The van der Waals surface area contributed by atoms with Crippen LogP contribution in [-0.4, -0.2) is 17.0 Å². The Kier molecular flexibility index (Phi) is 5.42. The second-order valence-electron chi connectivity index (χ2n) is 7.16. The molecule has 2 heterocycles. The monoisotopic (exact) mass is 417 g/mol. The van der Waals surface area contributed by atoms with E-state index in [-0.39, 0.29) is 23.1 Å². The van der Waals surface area contributed by atoms with Crippen molar-refractivity contribution in [3.63, 3.8) is 0 Å². The van der Waals surface area contributed by atoms with Crippen LogP contribution in [0.4, 0.5) is 5.69 Å². The highest BCUT2D eigenvalue weighted by Gasteiger charge is 2.26. The first-order valence-corrected chi connectivity index (χ1v) is 10.6. The summed E-state index contributed by atoms with van der Waals surface area (Å²) in [5.41, 5.74) is 9.55. The highest BCUT2D eigenvalue weighted by atomic mass is 32.1. The van der Waals surface area contributed by atoms with E-state index >= 15 is 0 Å². The number of nitrogens with one attached hydrogen (secondary N) is 1. The SMILES string of the molecule is CCNC(=O)c1sc2c(C(c3ccccc3)c3ccccc3)cn(C)c(=O)c2c1N. The Labute approximate surface area is 178 Å². The first-order chi connectivity index (χ1) is 14.5. The van der Waals surface area contributed by atoms with Crippen molar-refractivity contribution in [3.05, 3.63) is 98.8 Å². The number of nitrogens with zero attached hydrogens (tertiary/aromatic N) is 1. The van der Waals surface area contributed by atoms with E-state index in [4.69, 9.17) is 5.73 Å². The summed E-state index contributed by atoms with van der Waals surface area (Å²) in [6.07, 6.45) is 1.87. The van der Waals surface area contributed by atoms with Crippen LogP contribution in [0.5, 0.6) is 0 Å². The minimum absolute atomic E-state index is 0.0955. The number of carbonyl (C=O) groups excluding carboxylic acids is 1. The maximum absolute atomic E-state index is 12.9. The van der Waals surface area contributed by atoms with Crippen LogP contribution in [0.3, 0.4) is 0 Å². The van der Waals surface area contributed by atoms with Gasteiger partial charge in [0.05, 0.1) is 11.1 Å². The quantitative estimate of drug-likeness (QED) is 0.513. The molecule has 0 spiro atoms.